The smallest absolute Gasteiger partial charge is 0.136 e. The van der Waals surface area contributed by atoms with E-state index in [4.69, 9.17) is 4.42 Å². The van der Waals surface area contributed by atoms with Crippen molar-refractivity contribution in [1.82, 2.24) is 13.7 Å². The highest BCUT2D eigenvalue weighted by Gasteiger charge is 2.25. The van der Waals surface area contributed by atoms with Gasteiger partial charge < -0.3 is 18.1 Å². The highest BCUT2D eigenvalue weighted by molar-refractivity contribution is 6.32. The molecule has 0 saturated heterocycles. The first kappa shape index (κ1) is 35.0. The maximum atomic E-state index is 6.47. The van der Waals surface area contributed by atoms with E-state index in [9.17, 15) is 0 Å². The molecule has 0 bridgehead atoms. The molecule has 64 heavy (non-hydrogen) atoms. The van der Waals surface area contributed by atoms with Crippen LogP contribution in [0.4, 0.5) is 0 Å². The van der Waals surface area contributed by atoms with Gasteiger partial charge in [0, 0.05) is 60.0 Å². The van der Waals surface area contributed by atoms with Gasteiger partial charge in [0.15, 0.2) is 0 Å². The Morgan fingerprint density at radius 1 is 0.266 bits per heavy atom. The van der Waals surface area contributed by atoms with Crippen molar-refractivity contribution in [3.05, 3.63) is 224 Å². The van der Waals surface area contributed by atoms with E-state index in [1.165, 1.54) is 71.1 Å². The third-order valence-electron chi connectivity index (χ3n) is 13.4. The Morgan fingerprint density at radius 3 is 1.55 bits per heavy atom. The summed E-state index contributed by atoms with van der Waals surface area (Å²) in [7, 11) is 0. The molecular formula is C60H37N3O. The van der Waals surface area contributed by atoms with Crippen LogP contribution in [-0.2, 0) is 0 Å². The van der Waals surface area contributed by atoms with Crippen molar-refractivity contribution in [1.29, 1.82) is 0 Å². The summed E-state index contributed by atoms with van der Waals surface area (Å²) in [6.07, 6.45) is 0. The van der Waals surface area contributed by atoms with Crippen LogP contribution in [0.2, 0.25) is 0 Å². The molecule has 0 aliphatic carbocycles. The minimum absolute atomic E-state index is 0.892. The first-order valence-electron chi connectivity index (χ1n) is 21.9. The summed E-state index contributed by atoms with van der Waals surface area (Å²) in [5.74, 6) is 0. The maximum Gasteiger partial charge on any atom is 0.136 e. The number of aromatic nitrogens is 3. The first-order chi connectivity index (χ1) is 31.8. The fourth-order valence-corrected chi connectivity index (χ4v) is 10.9. The Bertz CT molecular complexity index is 4180. The van der Waals surface area contributed by atoms with Crippen molar-refractivity contribution in [2.75, 3.05) is 0 Å². The van der Waals surface area contributed by atoms with E-state index >= 15 is 0 Å². The van der Waals surface area contributed by atoms with Crippen LogP contribution >= 0.6 is 0 Å². The monoisotopic (exact) mass is 815 g/mol. The molecular weight excluding hydrogens is 779 g/mol. The molecule has 0 spiro atoms. The second-order valence-corrected chi connectivity index (χ2v) is 16.8. The highest BCUT2D eigenvalue weighted by atomic mass is 16.3. The Kier molecular flexibility index (Phi) is 7.36. The minimum atomic E-state index is 0.892. The van der Waals surface area contributed by atoms with Crippen molar-refractivity contribution >= 4 is 87.4 Å². The van der Waals surface area contributed by atoms with E-state index in [2.05, 4.69) is 232 Å². The van der Waals surface area contributed by atoms with E-state index in [1.807, 2.05) is 6.07 Å². The van der Waals surface area contributed by atoms with Crippen LogP contribution in [0.25, 0.3) is 127 Å². The van der Waals surface area contributed by atoms with Crippen LogP contribution in [0.1, 0.15) is 0 Å². The van der Waals surface area contributed by atoms with Gasteiger partial charge in [0.1, 0.15) is 11.2 Å². The van der Waals surface area contributed by atoms with Gasteiger partial charge in [0.05, 0.1) is 38.8 Å². The molecule has 4 heteroatoms. The Labute approximate surface area is 367 Å². The maximum absolute atomic E-state index is 6.47. The number of benzene rings is 10. The normalized spacial score (nSPS) is 12.1. The number of rotatable bonds is 5. The minimum Gasteiger partial charge on any atom is -0.456 e. The molecule has 0 N–H and O–H groups in total. The van der Waals surface area contributed by atoms with Crippen molar-refractivity contribution in [2.45, 2.75) is 0 Å². The lowest BCUT2D eigenvalue weighted by Gasteiger charge is -2.15. The lowest BCUT2D eigenvalue weighted by Crippen LogP contribution is -1.97. The van der Waals surface area contributed by atoms with Gasteiger partial charge in [-0.05, 0) is 102 Å². The third-order valence-corrected chi connectivity index (χ3v) is 13.4. The van der Waals surface area contributed by atoms with Crippen LogP contribution in [-0.4, -0.2) is 13.7 Å². The third kappa shape index (κ3) is 4.88. The predicted molar refractivity (Wildman–Crippen MR) is 268 cm³/mol. The summed E-state index contributed by atoms with van der Waals surface area (Å²) in [5.41, 5.74) is 17.0. The topological polar surface area (TPSA) is 27.9 Å². The number of furan rings is 1. The molecule has 0 radical (unpaired) electrons. The standard InChI is InChI=1S/C60H37N3O/c1-3-17-39(18-4-1)61-49-28-12-8-22-42(49)47-37-38(33-34-51(47)61)41-21-7-11-27-48(41)63-50-29-13-9-23-45(50)59-53(63)35-36-54-60(59)58-44(25-15-30-52(58)62(54)40-19-5-2-6-20-40)43-26-16-32-56-57(43)46-24-10-14-31-55(46)64-56/h1-37H. The van der Waals surface area contributed by atoms with E-state index in [1.54, 1.807) is 0 Å². The van der Waals surface area contributed by atoms with Gasteiger partial charge in [-0.15, -0.1) is 0 Å². The largest absolute Gasteiger partial charge is 0.456 e. The summed E-state index contributed by atoms with van der Waals surface area (Å²) < 4.78 is 13.8. The Morgan fingerprint density at radius 2 is 0.766 bits per heavy atom. The summed E-state index contributed by atoms with van der Waals surface area (Å²) >= 11 is 0. The SMILES string of the molecule is c1ccc(-n2c3ccccc3c3cc(-c4ccccc4-n4c5ccccc5c5c6c7c(-c8cccc9oc%10ccccc%10c89)cccc7n(-c7ccccc7)c6ccc54)ccc32)cc1. The van der Waals surface area contributed by atoms with E-state index < -0.39 is 0 Å². The second-order valence-electron chi connectivity index (χ2n) is 16.8. The molecule has 4 nitrogen and oxygen atoms in total. The molecule has 0 saturated carbocycles. The Hall–Kier alpha value is -8.60. The molecule has 0 amide bonds. The molecule has 0 atom stereocenters. The lowest BCUT2D eigenvalue weighted by atomic mass is 9.94. The van der Waals surface area contributed by atoms with Crippen molar-refractivity contribution in [2.24, 2.45) is 0 Å². The molecule has 298 valence electrons. The summed E-state index contributed by atoms with van der Waals surface area (Å²) in [6.45, 7) is 0. The number of nitrogens with zero attached hydrogens (tertiary/aromatic N) is 3. The molecule has 0 unspecified atom stereocenters. The molecule has 14 aromatic rings. The van der Waals surface area contributed by atoms with Gasteiger partial charge in [0.25, 0.3) is 0 Å². The van der Waals surface area contributed by atoms with Crippen LogP contribution in [0.15, 0.2) is 229 Å². The number of para-hydroxylation sites is 6. The predicted octanol–water partition coefficient (Wildman–Crippen LogP) is 16.2. The van der Waals surface area contributed by atoms with Crippen molar-refractivity contribution in [3.8, 4) is 39.3 Å². The Balaban J connectivity index is 1.08. The molecule has 0 aliphatic rings. The van der Waals surface area contributed by atoms with Crippen LogP contribution in [0.5, 0.6) is 0 Å². The zero-order valence-electron chi connectivity index (χ0n) is 34.6. The summed E-state index contributed by atoms with van der Waals surface area (Å²) in [4.78, 5) is 0. The van der Waals surface area contributed by atoms with Gasteiger partial charge in [-0.2, -0.15) is 0 Å². The fraction of sp³-hybridized carbons (Fsp3) is 0. The van der Waals surface area contributed by atoms with Gasteiger partial charge in [0.2, 0.25) is 0 Å². The van der Waals surface area contributed by atoms with Gasteiger partial charge in [-0.3, -0.25) is 0 Å². The van der Waals surface area contributed by atoms with Crippen LogP contribution in [0.3, 0.4) is 0 Å². The molecule has 0 fully saturated rings. The van der Waals surface area contributed by atoms with Gasteiger partial charge >= 0.3 is 0 Å². The van der Waals surface area contributed by atoms with Gasteiger partial charge in [-0.1, -0.05) is 140 Å². The van der Waals surface area contributed by atoms with E-state index in [0.29, 0.717) is 0 Å². The van der Waals surface area contributed by atoms with Crippen molar-refractivity contribution in [3.63, 3.8) is 0 Å². The van der Waals surface area contributed by atoms with Gasteiger partial charge in [-0.25, -0.2) is 0 Å². The molecule has 14 rings (SSSR count). The summed E-state index contributed by atoms with van der Waals surface area (Å²) in [6, 6.07) is 81.4. The lowest BCUT2D eigenvalue weighted by molar-refractivity contribution is 0.669. The van der Waals surface area contributed by atoms with Crippen molar-refractivity contribution < 1.29 is 4.42 Å². The van der Waals surface area contributed by atoms with Crippen LogP contribution < -0.4 is 0 Å². The number of hydrogen-bond donors (Lipinski definition) is 0. The second kappa shape index (κ2) is 13.4. The zero-order chi connectivity index (χ0) is 41.9. The molecule has 4 aromatic heterocycles. The zero-order valence-corrected chi connectivity index (χ0v) is 34.6. The van der Waals surface area contributed by atoms with E-state index in [-0.39, 0.29) is 0 Å². The quantitative estimate of drug-likeness (QED) is 0.170. The average Bonchev–Trinajstić information content (AvgIpc) is 4.10. The number of hydrogen-bond acceptors (Lipinski definition) is 1. The molecule has 10 aromatic carbocycles. The highest BCUT2D eigenvalue weighted by Crippen LogP contribution is 2.48. The molecule has 0 aliphatic heterocycles. The van der Waals surface area contributed by atoms with Crippen LogP contribution in [0, 0.1) is 0 Å². The fourth-order valence-electron chi connectivity index (χ4n) is 10.9. The van der Waals surface area contributed by atoms with E-state index in [0.717, 1.165) is 55.6 Å². The summed E-state index contributed by atoms with van der Waals surface area (Å²) in [5, 5.41) is 9.65. The first-order valence-corrected chi connectivity index (χ1v) is 21.9. The average molecular weight is 816 g/mol. The number of fused-ring (bicyclic) bond motifs is 13. The molecule has 4 heterocycles.